The number of ether oxygens (including phenoxy) is 1. The van der Waals surface area contributed by atoms with E-state index in [9.17, 15) is 14.7 Å². The Morgan fingerprint density at radius 2 is 2.12 bits per heavy atom. The zero-order valence-corrected chi connectivity index (χ0v) is 9.48. The van der Waals surface area contributed by atoms with Crippen LogP contribution in [0.2, 0.25) is 0 Å². The number of carbonyl (C=O) groups is 2. The van der Waals surface area contributed by atoms with Crippen molar-refractivity contribution in [1.82, 2.24) is 5.32 Å². The van der Waals surface area contributed by atoms with Crippen LogP contribution in [0.25, 0.3) is 0 Å². The Balaban J connectivity index is 2.61. The average Bonchev–Trinajstić information content (AvgIpc) is 2.08. The van der Waals surface area contributed by atoms with Crippen LogP contribution in [0.5, 0.6) is 0 Å². The molecule has 1 amide bonds. The molecule has 1 atom stereocenters. The van der Waals surface area contributed by atoms with Gasteiger partial charge in [0.1, 0.15) is 5.60 Å². The molecule has 0 spiro atoms. The summed E-state index contributed by atoms with van der Waals surface area (Å²) in [6.45, 7) is 5.16. The SMILES string of the molecule is CC(C)(C)OC(=O)NC1=CC(O)C=CC1=O. The van der Waals surface area contributed by atoms with Gasteiger partial charge in [0.15, 0.2) is 0 Å². The lowest BCUT2D eigenvalue weighted by Gasteiger charge is -2.20. The second-order valence-corrected chi connectivity index (χ2v) is 4.42. The molecule has 0 radical (unpaired) electrons. The highest BCUT2D eigenvalue weighted by atomic mass is 16.6. The molecule has 0 heterocycles. The lowest BCUT2D eigenvalue weighted by Crippen LogP contribution is -2.35. The van der Waals surface area contributed by atoms with E-state index in [2.05, 4.69) is 5.32 Å². The minimum Gasteiger partial charge on any atom is -0.444 e. The minimum absolute atomic E-state index is 0.0317. The quantitative estimate of drug-likeness (QED) is 0.695. The smallest absolute Gasteiger partial charge is 0.412 e. The fourth-order valence-electron chi connectivity index (χ4n) is 1.10. The highest BCUT2D eigenvalue weighted by molar-refractivity contribution is 6.06. The molecule has 0 aromatic carbocycles. The van der Waals surface area contributed by atoms with E-state index < -0.39 is 17.8 Å². The number of amides is 1. The summed E-state index contributed by atoms with van der Waals surface area (Å²) in [7, 11) is 0. The van der Waals surface area contributed by atoms with E-state index in [1.807, 2.05) is 0 Å². The van der Waals surface area contributed by atoms with Gasteiger partial charge in [-0.3, -0.25) is 10.1 Å². The zero-order valence-electron chi connectivity index (χ0n) is 9.48. The van der Waals surface area contributed by atoms with Crippen LogP contribution in [0.4, 0.5) is 4.79 Å². The van der Waals surface area contributed by atoms with E-state index in [4.69, 9.17) is 4.74 Å². The van der Waals surface area contributed by atoms with Crippen molar-refractivity contribution in [3.8, 4) is 0 Å². The predicted octanol–water partition coefficient (Wildman–Crippen LogP) is 0.895. The van der Waals surface area contributed by atoms with Crippen LogP contribution in [0, 0.1) is 0 Å². The number of alkyl carbamates (subject to hydrolysis) is 1. The summed E-state index contributed by atoms with van der Waals surface area (Å²) in [4.78, 5) is 22.7. The summed E-state index contributed by atoms with van der Waals surface area (Å²) in [6.07, 6.45) is 2.23. The Morgan fingerprint density at radius 1 is 1.50 bits per heavy atom. The lowest BCUT2D eigenvalue weighted by atomic mass is 10.1. The Bertz CT molecular complexity index is 363. The molecule has 1 rings (SSSR count). The molecule has 0 fully saturated rings. The van der Waals surface area contributed by atoms with Crippen molar-refractivity contribution in [2.75, 3.05) is 0 Å². The molecule has 0 saturated carbocycles. The number of hydrogen-bond acceptors (Lipinski definition) is 4. The standard InChI is InChI=1S/C11H15NO4/c1-11(2,3)16-10(15)12-8-6-7(13)4-5-9(8)14/h4-7,13H,1-3H3,(H,12,15). The number of allylic oxidation sites excluding steroid dienone is 1. The van der Waals surface area contributed by atoms with Gasteiger partial charge in [-0.2, -0.15) is 0 Å². The van der Waals surface area contributed by atoms with Crippen molar-refractivity contribution in [2.45, 2.75) is 32.5 Å². The average molecular weight is 225 g/mol. The Kier molecular flexibility index (Phi) is 3.49. The third-order valence-corrected chi connectivity index (χ3v) is 1.68. The molecule has 88 valence electrons. The summed E-state index contributed by atoms with van der Waals surface area (Å²) in [5.74, 6) is -0.365. The van der Waals surface area contributed by atoms with E-state index in [1.54, 1.807) is 20.8 Å². The van der Waals surface area contributed by atoms with Crippen LogP contribution < -0.4 is 5.32 Å². The fraction of sp³-hybridized carbons (Fsp3) is 0.455. The summed E-state index contributed by atoms with van der Waals surface area (Å²) in [5.41, 5.74) is -0.596. The first-order valence-corrected chi connectivity index (χ1v) is 4.90. The molecule has 1 unspecified atom stereocenters. The van der Waals surface area contributed by atoms with Crippen LogP contribution in [0.15, 0.2) is 23.9 Å². The van der Waals surface area contributed by atoms with Crippen molar-refractivity contribution >= 4 is 11.9 Å². The second kappa shape index (κ2) is 4.49. The van der Waals surface area contributed by atoms with Crippen LogP contribution in [-0.4, -0.2) is 28.7 Å². The summed E-state index contributed by atoms with van der Waals surface area (Å²) in [6, 6.07) is 0. The fourth-order valence-corrected chi connectivity index (χ4v) is 1.10. The van der Waals surface area contributed by atoms with Gasteiger partial charge in [-0.05, 0) is 39.0 Å². The van der Waals surface area contributed by atoms with Crippen molar-refractivity contribution < 1.29 is 19.4 Å². The van der Waals surface area contributed by atoms with Crippen molar-refractivity contribution in [3.05, 3.63) is 23.9 Å². The molecule has 0 saturated heterocycles. The maximum atomic E-state index is 11.3. The molecule has 0 aliphatic heterocycles. The van der Waals surface area contributed by atoms with E-state index in [0.717, 1.165) is 0 Å². The topological polar surface area (TPSA) is 75.6 Å². The van der Waals surface area contributed by atoms with Gasteiger partial charge in [0, 0.05) is 0 Å². The molecule has 0 aromatic heterocycles. The number of hydrogen-bond donors (Lipinski definition) is 2. The lowest BCUT2D eigenvalue weighted by molar-refractivity contribution is -0.112. The summed E-state index contributed by atoms with van der Waals surface area (Å²) < 4.78 is 4.98. The zero-order chi connectivity index (χ0) is 12.3. The van der Waals surface area contributed by atoms with Crippen molar-refractivity contribution in [1.29, 1.82) is 0 Å². The highest BCUT2D eigenvalue weighted by Crippen LogP contribution is 2.09. The van der Waals surface area contributed by atoms with Gasteiger partial charge >= 0.3 is 6.09 Å². The predicted molar refractivity (Wildman–Crippen MR) is 57.6 cm³/mol. The first-order chi connectivity index (χ1) is 7.28. The van der Waals surface area contributed by atoms with Gasteiger partial charge < -0.3 is 9.84 Å². The van der Waals surface area contributed by atoms with Crippen LogP contribution >= 0.6 is 0 Å². The monoisotopic (exact) mass is 225 g/mol. The largest absolute Gasteiger partial charge is 0.444 e. The Morgan fingerprint density at radius 3 is 2.69 bits per heavy atom. The first kappa shape index (κ1) is 12.4. The van der Waals surface area contributed by atoms with E-state index in [-0.39, 0.29) is 11.5 Å². The number of nitrogens with one attached hydrogen (secondary N) is 1. The number of aliphatic hydroxyl groups excluding tert-OH is 1. The second-order valence-electron chi connectivity index (χ2n) is 4.42. The molecule has 0 aromatic rings. The van der Waals surface area contributed by atoms with Gasteiger partial charge in [0.05, 0.1) is 11.8 Å². The van der Waals surface area contributed by atoms with E-state index >= 15 is 0 Å². The Hall–Kier alpha value is -1.62. The third-order valence-electron chi connectivity index (χ3n) is 1.68. The number of rotatable bonds is 1. The van der Waals surface area contributed by atoms with Crippen molar-refractivity contribution in [2.24, 2.45) is 0 Å². The van der Waals surface area contributed by atoms with Gasteiger partial charge in [-0.15, -0.1) is 0 Å². The molecule has 5 heteroatoms. The molecule has 2 N–H and O–H groups in total. The third kappa shape index (κ3) is 3.86. The highest BCUT2D eigenvalue weighted by Gasteiger charge is 2.20. The molecular formula is C11H15NO4. The Labute approximate surface area is 93.8 Å². The van der Waals surface area contributed by atoms with Gasteiger partial charge in [-0.1, -0.05) is 0 Å². The molecule has 0 bridgehead atoms. The van der Waals surface area contributed by atoms with Gasteiger partial charge in [0.25, 0.3) is 0 Å². The molecule has 5 nitrogen and oxygen atoms in total. The first-order valence-electron chi connectivity index (χ1n) is 4.90. The van der Waals surface area contributed by atoms with Crippen molar-refractivity contribution in [3.63, 3.8) is 0 Å². The van der Waals surface area contributed by atoms with Gasteiger partial charge in [-0.25, -0.2) is 4.79 Å². The molecular weight excluding hydrogens is 210 g/mol. The molecule has 1 aliphatic carbocycles. The van der Waals surface area contributed by atoms with E-state index in [1.165, 1.54) is 18.2 Å². The molecule has 16 heavy (non-hydrogen) atoms. The number of ketones is 1. The minimum atomic E-state index is -0.859. The number of carbonyl (C=O) groups excluding carboxylic acids is 2. The molecule has 1 aliphatic rings. The van der Waals surface area contributed by atoms with Crippen LogP contribution in [0.3, 0.4) is 0 Å². The summed E-state index contributed by atoms with van der Waals surface area (Å²) in [5, 5.41) is 11.5. The maximum absolute atomic E-state index is 11.3. The van der Waals surface area contributed by atoms with Gasteiger partial charge in [0.2, 0.25) is 5.78 Å². The summed E-state index contributed by atoms with van der Waals surface area (Å²) >= 11 is 0. The van der Waals surface area contributed by atoms with E-state index in [0.29, 0.717) is 0 Å². The number of aliphatic hydroxyl groups is 1. The normalized spacial score (nSPS) is 20.4. The van der Waals surface area contributed by atoms with Crippen LogP contribution in [0.1, 0.15) is 20.8 Å². The maximum Gasteiger partial charge on any atom is 0.412 e. The van der Waals surface area contributed by atoms with Crippen LogP contribution in [-0.2, 0) is 9.53 Å².